The Kier molecular flexibility index (Phi) is 3.28. The summed E-state index contributed by atoms with van der Waals surface area (Å²) in [5.74, 6) is 0. The van der Waals surface area contributed by atoms with Crippen LogP contribution in [0.4, 0.5) is 0 Å². The Morgan fingerprint density at radius 1 is 0.474 bits per heavy atom. The summed E-state index contributed by atoms with van der Waals surface area (Å²) >= 11 is 0. The van der Waals surface area contributed by atoms with Gasteiger partial charge in [0.25, 0.3) is 0 Å². The lowest BCUT2D eigenvalue weighted by Crippen LogP contribution is -2.31. The number of hydrogen-bond acceptors (Lipinski definition) is 9. The largest absolute Gasteiger partial charge is 0.225 e. The van der Waals surface area contributed by atoms with Crippen molar-refractivity contribution in [2.45, 2.75) is 0 Å². The lowest BCUT2D eigenvalue weighted by atomic mass is 11.1. The van der Waals surface area contributed by atoms with E-state index in [9.17, 15) is 0 Å². The molecule has 0 bridgehead atoms. The molecule has 10 heteroatoms. The molecule has 0 N–H and O–H groups in total. The number of rotatable bonds is 3. The highest BCUT2D eigenvalue weighted by Gasteiger charge is 2.24. The highest BCUT2D eigenvalue weighted by Crippen LogP contribution is 2.25. The zero-order valence-corrected chi connectivity index (χ0v) is 10.3. The average molecular weight is 271 g/mol. The van der Waals surface area contributed by atoms with Crippen molar-refractivity contribution in [1.29, 1.82) is 0 Å². The molecule has 0 spiro atoms. The van der Waals surface area contributed by atoms with Gasteiger partial charge in [-0.2, -0.15) is 0 Å². The number of hydrogen-bond donors (Lipinski definition) is 0. The molecule has 0 atom stereocenters. The van der Waals surface area contributed by atoms with Crippen molar-refractivity contribution in [1.82, 2.24) is 44.9 Å². The molecule has 0 amide bonds. The summed E-state index contributed by atoms with van der Waals surface area (Å²) in [7, 11) is -1.23. The van der Waals surface area contributed by atoms with Gasteiger partial charge in [0.2, 0.25) is 0 Å². The summed E-state index contributed by atoms with van der Waals surface area (Å²) in [5, 5.41) is 0. The third kappa shape index (κ3) is 2.50. The maximum absolute atomic E-state index is 4.14. The van der Waals surface area contributed by atoms with Crippen molar-refractivity contribution in [2.24, 2.45) is 0 Å². The Hall–Kier alpha value is -2.54. The third-order valence-electron chi connectivity index (χ3n) is 2.04. The molecule has 19 heavy (non-hydrogen) atoms. The molecule has 92 valence electrons. The van der Waals surface area contributed by atoms with E-state index in [0.717, 1.165) is 0 Å². The van der Waals surface area contributed by atoms with Crippen LogP contribution in [0.15, 0.2) is 38.0 Å². The van der Waals surface area contributed by atoms with Crippen LogP contribution in [0.25, 0.3) is 0 Å². The van der Waals surface area contributed by atoms with Crippen LogP contribution in [0, 0.1) is 0 Å². The zero-order chi connectivity index (χ0) is 12.9. The predicted molar refractivity (Wildman–Crippen MR) is 65.3 cm³/mol. The Balaban J connectivity index is 2.12. The standard InChI is InChI=1S/C9H6N9P/c1-10-2-14-7(13-1)19(8-15-3-11-4-16-8)9-17-5-12-6-18-9/h1-6H. The van der Waals surface area contributed by atoms with Crippen LogP contribution in [0.3, 0.4) is 0 Å². The molecule has 0 aliphatic rings. The minimum Gasteiger partial charge on any atom is -0.225 e. The van der Waals surface area contributed by atoms with E-state index >= 15 is 0 Å². The summed E-state index contributed by atoms with van der Waals surface area (Å²) in [6, 6.07) is 0. The summed E-state index contributed by atoms with van der Waals surface area (Å²) < 4.78 is 0. The highest BCUT2D eigenvalue weighted by atomic mass is 31.1. The molecule has 0 unspecified atom stereocenters. The van der Waals surface area contributed by atoms with Gasteiger partial charge in [-0.3, -0.25) is 0 Å². The molecule has 3 aromatic heterocycles. The van der Waals surface area contributed by atoms with Gasteiger partial charge in [0.05, 0.1) is 0 Å². The summed E-state index contributed by atoms with van der Waals surface area (Å²) in [4.78, 5) is 36.2. The molecule has 9 nitrogen and oxygen atoms in total. The van der Waals surface area contributed by atoms with Crippen LogP contribution in [-0.2, 0) is 0 Å². The van der Waals surface area contributed by atoms with E-state index in [0.29, 0.717) is 16.7 Å². The van der Waals surface area contributed by atoms with Crippen molar-refractivity contribution in [3.63, 3.8) is 0 Å². The van der Waals surface area contributed by atoms with Gasteiger partial charge in [0.1, 0.15) is 45.9 Å². The van der Waals surface area contributed by atoms with Crippen LogP contribution in [0.5, 0.6) is 0 Å². The second kappa shape index (κ2) is 5.40. The molecule has 0 aromatic carbocycles. The van der Waals surface area contributed by atoms with Gasteiger partial charge in [0, 0.05) is 0 Å². The fraction of sp³-hybridized carbons (Fsp3) is 0. The van der Waals surface area contributed by atoms with E-state index in [4.69, 9.17) is 0 Å². The van der Waals surface area contributed by atoms with Gasteiger partial charge in [-0.15, -0.1) is 0 Å². The van der Waals surface area contributed by atoms with Crippen molar-refractivity contribution in [3.8, 4) is 0 Å². The maximum Gasteiger partial charge on any atom is 0.169 e. The van der Waals surface area contributed by atoms with E-state index in [1.165, 1.54) is 38.0 Å². The lowest BCUT2D eigenvalue weighted by molar-refractivity contribution is 1.07. The van der Waals surface area contributed by atoms with Crippen LogP contribution in [0.2, 0.25) is 0 Å². The molecule has 0 aliphatic heterocycles. The molecular formula is C9H6N9P. The van der Waals surface area contributed by atoms with Crippen LogP contribution >= 0.6 is 7.92 Å². The van der Waals surface area contributed by atoms with E-state index in [2.05, 4.69) is 44.9 Å². The normalized spacial score (nSPS) is 10.6. The minimum atomic E-state index is -1.23. The second-order valence-electron chi connectivity index (χ2n) is 3.15. The Bertz CT molecular complexity index is 542. The van der Waals surface area contributed by atoms with Gasteiger partial charge >= 0.3 is 0 Å². The van der Waals surface area contributed by atoms with Crippen LogP contribution < -0.4 is 16.7 Å². The Labute approximate surface area is 108 Å². The van der Waals surface area contributed by atoms with Gasteiger partial charge in [-0.25, -0.2) is 44.9 Å². The van der Waals surface area contributed by atoms with Gasteiger partial charge in [-0.1, -0.05) is 0 Å². The number of nitrogens with zero attached hydrogens (tertiary/aromatic N) is 9. The molecule has 3 rings (SSSR count). The highest BCUT2D eigenvalue weighted by molar-refractivity contribution is 7.78. The second-order valence-corrected chi connectivity index (χ2v) is 5.02. The zero-order valence-electron chi connectivity index (χ0n) is 9.44. The molecule has 3 aromatic rings. The monoisotopic (exact) mass is 271 g/mol. The first kappa shape index (κ1) is 11.5. The van der Waals surface area contributed by atoms with E-state index < -0.39 is 7.92 Å². The first-order valence-corrected chi connectivity index (χ1v) is 6.45. The summed E-state index contributed by atoms with van der Waals surface area (Å²) in [6.07, 6.45) is 8.50. The topological polar surface area (TPSA) is 116 Å². The van der Waals surface area contributed by atoms with Crippen molar-refractivity contribution >= 4 is 24.6 Å². The van der Waals surface area contributed by atoms with Gasteiger partial charge in [-0.05, 0) is 0 Å². The first-order valence-electron chi connectivity index (χ1n) is 5.11. The first-order chi connectivity index (χ1) is 9.45. The fourth-order valence-corrected chi connectivity index (χ4v) is 2.85. The van der Waals surface area contributed by atoms with Crippen LogP contribution in [-0.4, -0.2) is 44.9 Å². The summed E-state index contributed by atoms with van der Waals surface area (Å²) in [6.45, 7) is 0. The SMILES string of the molecule is c1ncnc(P(c2ncncn2)c2ncncn2)n1. The molecule has 0 aliphatic carbocycles. The van der Waals surface area contributed by atoms with Gasteiger partial charge in [0.15, 0.2) is 16.7 Å². The molecule has 0 fully saturated rings. The van der Waals surface area contributed by atoms with E-state index in [1.54, 1.807) is 0 Å². The van der Waals surface area contributed by atoms with E-state index in [-0.39, 0.29) is 0 Å². The average Bonchev–Trinajstić information content (AvgIpc) is 2.51. The molecule has 3 heterocycles. The molecule has 0 radical (unpaired) electrons. The summed E-state index contributed by atoms with van der Waals surface area (Å²) in [5.41, 5.74) is 1.59. The van der Waals surface area contributed by atoms with Crippen molar-refractivity contribution in [2.75, 3.05) is 0 Å². The maximum atomic E-state index is 4.14. The third-order valence-corrected chi connectivity index (χ3v) is 3.93. The molecular weight excluding hydrogens is 265 g/mol. The van der Waals surface area contributed by atoms with E-state index in [1.807, 2.05) is 0 Å². The quantitative estimate of drug-likeness (QED) is 0.498. The smallest absolute Gasteiger partial charge is 0.169 e. The Morgan fingerprint density at radius 2 is 0.737 bits per heavy atom. The van der Waals surface area contributed by atoms with Crippen LogP contribution in [0.1, 0.15) is 0 Å². The Morgan fingerprint density at radius 3 is 1.00 bits per heavy atom. The van der Waals surface area contributed by atoms with Crippen molar-refractivity contribution < 1.29 is 0 Å². The lowest BCUT2D eigenvalue weighted by Gasteiger charge is -2.10. The molecule has 0 saturated carbocycles. The predicted octanol–water partition coefficient (Wildman–Crippen LogP) is -2.00. The fourth-order valence-electron chi connectivity index (χ4n) is 1.31. The number of aromatic nitrogens is 9. The minimum absolute atomic E-state index is 0.530. The van der Waals surface area contributed by atoms with Gasteiger partial charge < -0.3 is 0 Å². The molecule has 0 saturated heterocycles. The van der Waals surface area contributed by atoms with Crippen molar-refractivity contribution in [3.05, 3.63) is 38.0 Å².